The van der Waals surface area contributed by atoms with Crippen LogP contribution in [-0.2, 0) is 11.3 Å². The Morgan fingerprint density at radius 2 is 1.94 bits per heavy atom. The minimum atomic E-state index is -2.78. The Bertz CT molecular complexity index is 372. The highest BCUT2D eigenvalue weighted by atomic mass is 19.3. The second-order valence-corrected chi connectivity index (χ2v) is 4.77. The third kappa shape index (κ3) is 1.73. The van der Waals surface area contributed by atoms with Gasteiger partial charge in [-0.05, 0) is 18.4 Å². The molecule has 2 rings (SSSR count). The normalized spacial score (nSPS) is 19.2. The molecule has 16 heavy (non-hydrogen) atoms. The first-order valence-electron chi connectivity index (χ1n) is 5.67. The molecule has 1 aliphatic rings. The number of hydrogen-bond donors (Lipinski definition) is 1. The van der Waals surface area contributed by atoms with Crippen molar-refractivity contribution >= 4 is 0 Å². The number of rotatable bonds is 3. The van der Waals surface area contributed by atoms with Crippen molar-refractivity contribution in [2.75, 3.05) is 6.54 Å². The first kappa shape index (κ1) is 11.5. The zero-order valence-electron chi connectivity index (χ0n) is 9.47. The minimum Gasteiger partial charge on any atom is -0.330 e. The van der Waals surface area contributed by atoms with Gasteiger partial charge in [0.05, 0.1) is 0 Å². The van der Waals surface area contributed by atoms with E-state index in [-0.39, 0.29) is 11.0 Å². The standard InChI is InChI=1S/C13H17F2N/c1-12(14,15)10-5-2-3-6-11(10)13(9-16)7-4-8-13/h2-3,5-6H,4,7-9,16H2,1H3. The molecule has 0 bridgehead atoms. The van der Waals surface area contributed by atoms with Gasteiger partial charge in [0.15, 0.2) is 0 Å². The Morgan fingerprint density at radius 3 is 2.38 bits per heavy atom. The zero-order valence-corrected chi connectivity index (χ0v) is 9.47. The second-order valence-electron chi connectivity index (χ2n) is 4.77. The summed E-state index contributed by atoms with van der Waals surface area (Å²) in [4.78, 5) is 0. The molecule has 1 aromatic carbocycles. The summed E-state index contributed by atoms with van der Waals surface area (Å²) in [6.07, 6.45) is 2.94. The second kappa shape index (κ2) is 3.81. The van der Waals surface area contributed by atoms with Crippen molar-refractivity contribution in [3.05, 3.63) is 35.4 Å². The largest absolute Gasteiger partial charge is 0.330 e. The summed E-state index contributed by atoms with van der Waals surface area (Å²) in [5.41, 5.74) is 6.46. The number of nitrogens with two attached hydrogens (primary N) is 1. The number of alkyl halides is 2. The lowest BCUT2D eigenvalue weighted by molar-refractivity contribution is 0.0142. The summed E-state index contributed by atoms with van der Waals surface area (Å²) in [6, 6.07) is 6.81. The van der Waals surface area contributed by atoms with E-state index in [1.165, 1.54) is 6.07 Å². The van der Waals surface area contributed by atoms with Crippen molar-refractivity contribution in [1.82, 2.24) is 0 Å². The van der Waals surface area contributed by atoms with Crippen LogP contribution < -0.4 is 5.73 Å². The van der Waals surface area contributed by atoms with Crippen molar-refractivity contribution in [1.29, 1.82) is 0 Å². The lowest BCUT2D eigenvalue weighted by Crippen LogP contribution is -2.43. The van der Waals surface area contributed by atoms with Crippen LogP contribution in [-0.4, -0.2) is 6.54 Å². The first-order valence-corrected chi connectivity index (χ1v) is 5.67. The Morgan fingerprint density at radius 1 is 1.31 bits per heavy atom. The van der Waals surface area contributed by atoms with Crippen LogP contribution in [0.15, 0.2) is 24.3 Å². The SMILES string of the molecule is CC(F)(F)c1ccccc1C1(CN)CCC1. The maximum Gasteiger partial charge on any atom is 0.270 e. The molecule has 0 aliphatic heterocycles. The zero-order chi connectivity index (χ0) is 11.8. The van der Waals surface area contributed by atoms with Crippen LogP contribution in [0, 0.1) is 0 Å². The van der Waals surface area contributed by atoms with Gasteiger partial charge >= 0.3 is 0 Å². The lowest BCUT2D eigenvalue weighted by atomic mass is 9.63. The maximum absolute atomic E-state index is 13.5. The van der Waals surface area contributed by atoms with Crippen molar-refractivity contribution in [2.24, 2.45) is 5.73 Å². The van der Waals surface area contributed by atoms with E-state index in [4.69, 9.17) is 5.73 Å². The highest BCUT2D eigenvalue weighted by Gasteiger charge is 2.42. The molecule has 3 heteroatoms. The third-order valence-electron chi connectivity index (χ3n) is 3.67. The van der Waals surface area contributed by atoms with Gasteiger partial charge in [-0.3, -0.25) is 0 Å². The van der Waals surface area contributed by atoms with Gasteiger partial charge in [0.2, 0.25) is 0 Å². The van der Waals surface area contributed by atoms with Crippen molar-refractivity contribution in [3.63, 3.8) is 0 Å². The van der Waals surface area contributed by atoms with Gasteiger partial charge in [0, 0.05) is 24.4 Å². The van der Waals surface area contributed by atoms with E-state index in [0.717, 1.165) is 31.7 Å². The maximum atomic E-state index is 13.5. The fourth-order valence-corrected chi connectivity index (χ4v) is 2.52. The van der Waals surface area contributed by atoms with E-state index < -0.39 is 5.92 Å². The van der Waals surface area contributed by atoms with Crippen molar-refractivity contribution in [2.45, 2.75) is 37.5 Å². The average molecular weight is 225 g/mol. The van der Waals surface area contributed by atoms with Crippen molar-refractivity contribution in [3.8, 4) is 0 Å². The Hall–Kier alpha value is -0.960. The quantitative estimate of drug-likeness (QED) is 0.840. The number of benzene rings is 1. The molecule has 0 heterocycles. The molecule has 1 saturated carbocycles. The van der Waals surface area contributed by atoms with E-state index >= 15 is 0 Å². The summed E-state index contributed by atoms with van der Waals surface area (Å²) >= 11 is 0. The van der Waals surface area contributed by atoms with Gasteiger partial charge in [-0.1, -0.05) is 30.7 Å². The molecule has 1 aliphatic carbocycles. The predicted molar refractivity (Wildman–Crippen MR) is 60.6 cm³/mol. The number of halogens is 2. The highest BCUT2D eigenvalue weighted by Crippen LogP contribution is 2.46. The van der Waals surface area contributed by atoms with E-state index in [1.54, 1.807) is 12.1 Å². The van der Waals surface area contributed by atoms with Crippen LogP contribution in [0.3, 0.4) is 0 Å². The van der Waals surface area contributed by atoms with Gasteiger partial charge in [0.25, 0.3) is 5.92 Å². The smallest absolute Gasteiger partial charge is 0.270 e. The molecule has 1 aromatic rings. The molecule has 2 N–H and O–H groups in total. The highest BCUT2D eigenvalue weighted by molar-refractivity contribution is 5.39. The predicted octanol–water partition coefficient (Wildman–Crippen LogP) is 3.18. The van der Waals surface area contributed by atoms with Gasteiger partial charge in [-0.15, -0.1) is 0 Å². The van der Waals surface area contributed by atoms with Gasteiger partial charge < -0.3 is 5.73 Å². The molecule has 0 amide bonds. The summed E-state index contributed by atoms with van der Waals surface area (Å²) in [6.45, 7) is 1.41. The van der Waals surface area contributed by atoms with Crippen LogP contribution in [0.2, 0.25) is 0 Å². The van der Waals surface area contributed by atoms with Gasteiger partial charge in [-0.2, -0.15) is 0 Å². The molecule has 0 radical (unpaired) electrons. The fourth-order valence-electron chi connectivity index (χ4n) is 2.52. The van der Waals surface area contributed by atoms with Crippen LogP contribution in [0.1, 0.15) is 37.3 Å². The topological polar surface area (TPSA) is 26.0 Å². The lowest BCUT2D eigenvalue weighted by Gasteiger charge is -2.43. The van der Waals surface area contributed by atoms with E-state index in [1.807, 2.05) is 6.07 Å². The van der Waals surface area contributed by atoms with E-state index in [2.05, 4.69) is 0 Å². The van der Waals surface area contributed by atoms with Gasteiger partial charge in [-0.25, -0.2) is 8.78 Å². The Balaban J connectivity index is 2.48. The molecule has 88 valence electrons. The van der Waals surface area contributed by atoms with Crippen LogP contribution >= 0.6 is 0 Å². The summed E-state index contributed by atoms with van der Waals surface area (Å²) in [5, 5.41) is 0. The molecule has 0 atom stereocenters. The number of hydrogen-bond acceptors (Lipinski definition) is 1. The van der Waals surface area contributed by atoms with Crippen LogP contribution in [0.5, 0.6) is 0 Å². The summed E-state index contributed by atoms with van der Waals surface area (Å²) < 4.78 is 27.0. The minimum absolute atomic E-state index is 0.139. The Kier molecular flexibility index (Phi) is 2.74. The molecular formula is C13H17F2N. The molecular weight excluding hydrogens is 208 g/mol. The van der Waals surface area contributed by atoms with Crippen molar-refractivity contribution < 1.29 is 8.78 Å². The van der Waals surface area contributed by atoms with E-state index in [0.29, 0.717) is 6.54 Å². The molecule has 0 aromatic heterocycles. The van der Waals surface area contributed by atoms with E-state index in [9.17, 15) is 8.78 Å². The Labute approximate surface area is 94.7 Å². The third-order valence-corrected chi connectivity index (χ3v) is 3.67. The summed E-state index contributed by atoms with van der Waals surface area (Å²) in [5.74, 6) is -2.78. The molecule has 1 nitrogen and oxygen atoms in total. The monoisotopic (exact) mass is 225 g/mol. The fraction of sp³-hybridized carbons (Fsp3) is 0.538. The van der Waals surface area contributed by atoms with Gasteiger partial charge in [0.1, 0.15) is 0 Å². The molecule has 0 spiro atoms. The molecule has 0 saturated heterocycles. The molecule has 1 fully saturated rings. The average Bonchev–Trinajstić information content (AvgIpc) is 2.16. The first-order chi connectivity index (χ1) is 7.49. The molecule has 0 unspecified atom stereocenters. The van der Waals surface area contributed by atoms with Crippen LogP contribution in [0.4, 0.5) is 8.78 Å². The van der Waals surface area contributed by atoms with Crippen LogP contribution in [0.25, 0.3) is 0 Å². The summed E-state index contributed by atoms with van der Waals surface area (Å²) in [7, 11) is 0.